The van der Waals surface area contributed by atoms with Crippen LogP contribution < -0.4 is 10.5 Å². The number of piperazine rings is 1. The lowest BCUT2D eigenvalue weighted by Gasteiger charge is -2.39. The Labute approximate surface area is 244 Å². The standard InChI is InChI=1S/C30H32ClN5O5/c31-26-12-9-25(10-13-26)29(24-7-2-1-3-8-24)34-18-16-33(17-19-34)20-21-41-27-14-11-23(28(22-27)36(39)40)6-4-5-15-35(38)30(32)37/h1-3,7-14,22,29,38H,5,15-21H2,(H2,32,37)/t29-/m1/s1. The number of rotatable bonds is 10. The van der Waals surface area contributed by atoms with E-state index in [1.807, 2.05) is 18.2 Å². The smallest absolute Gasteiger partial charge is 0.338 e. The highest BCUT2D eigenvalue weighted by atomic mass is 35.5. The fourth-order valence-electron chi connectivity index (χ4n) is 4.72. The Morgan fingerprint density at radius 3 is 2.41 bits per heavy atom. The minimum Gasteiger partial charge on any atom is -0.492 e. The van der Waals surface area contributed by atoms with Crippen molar-refractivity contribution in [2.75, 3.05) is 45.9 Å². The number of hydroxylamine groups is 2. The molecule has 11 heteroatoms. The highest BCUT2D eigenvalue weighted by Gasteiger charge is 2.26. The van der Waals surface area contributed by atoms with Crippen LogP contribution in [0.4, 0.5) is 10.5 Å². The number of halogens is 1. The molecule has 41 heavy (non-hydrogen) atoms. The highest BCUT2D eigenvalue weighted by Crippen LogP contribution is 2.30. The number of nitrogens with zero attached hydrogens (tertiary/aromatic N) is 4. The molecule has 0 radical (unpaired) electrons. The van der Waals surface area contributed by atoms with E-state index in [1.54, 1.807) is 6.07 Å². The molecule has 1 atom stereocenters. The van der Waals surface area contributed by atoms with Gasteiger partial charge in [0, 0.05) is 44.2 Å². The van der Waals surface area contributed by atoms with Gasteiger partial charge >= 0.3 is 6.03 Å². The maximum atomic E-state index is 11.6. The third-order valence-corrected chi connectivity index (χ3v) is 7.09. The highest BCUT2D eigenvalue weighted by molar-refractivity contribution is 6.30. The summed E-state index contributed by atoms with van der Waals surface area (Å²) in [6, 6.07) is 22.2. The molecule has 1 aliphatic heterocycles. The molecule has 3 N–H and O–H groups in total. The Hall–Kier alpha value is -4.14. The summed E-state index contributed by atoms with van der Waals surface area (Å²) in [6.07, 6.45) is 0.105. The first kappa shape index (κ1) is 29.8. The predicted octanol–water partition coefficient (Wildman–Crippen LogP) is 4.55. The van der Waals surface area contributed by atoms with Crippen molar-refractivity contribution >= 4 is 23.3 Å². The van der Waals surface area contributed by atoms with Crippen molar-refractivity contribution in [2.45, 2.75) is 12.5 Å². The number of benzene rings is 3. The number of amides is 2. The van der Waals surface area contributed by atoms with Crippen molar-refractivity contribution in [3.8, 4) is 17.6 Å². The Morgan fingerprint density at radius 2 is 1.76 bits per heavy atom. The molecule has 1 fully saturated rings. The van der Waals surface area contributed by atoms with Gasteiger partial charge in [-0.05, 0) is 35.4 Å². The van der Waals surface area contributed by atoms with E-state index in [0.29, 0.717) is 24.0 Å². The van der Waals surface area contributed by atoms with Gasteiger partial charge in [-0.15, -0.1) is 0 Å². The van der Waals surface area contributed by atoms with Gasteiger partial charge in [-0.25, -0.2) is 9.86 Å². The minimum atomic E-state index is -0.990. The molecular weight excluding hydrogens is 546 g/mol. The van der Waals surface area contributed by atoms with E-state index in [9.17, 15) is 20.1 Å². The Bertz CT molecular complexity index is 1390. The van der Waals surface area contributed by atoms with Crippen molar-refractivity contribution in [3.63, 3.8) is 0 Å². The monoisotopic (exact) mass is 577 g/mol. The lowest BCUT2D eigenvalue weighted by atomic mass is 9.96. The molecule has 1 heterocycles. The first-order chi connectivity index (χ1) is 19.8. The van der Waals surface area contributed by atoms with Gasteiger partial charge in [-0.3, -0.25) is 25.1 Å². The van der Waals surface area contributed by atoms with Crippen LogP contribution in [-0.2, 0) is 0 Å². The van der Waals surface area contributed by atoms with E-state index in [4.69, 9.17) is 22.1 Å². The van der Waals surface area contributed by atoms with Crippen molar-refractivity contribution in [2.24, 2.45) is 5.73 Å². The Kier molecular flexibility index (Phi) is 10.5. The van der Waals surface area contributed by atoms with Gasteiger partial charge in [-0.1, -0.05) is 65.9 Å². The average Bonchev–Trinajstić information content (AvgIpc) is 2.98. The second kappa shape index (κ2) is 14.5. The van der Waals surface area contributed by atoms with Crippen LogP contribution in [0.1, 0.15) is 29.2 Å². The van der Waals surface area contributed by atoms with Crippen molar-refractivity contribution < 1.29 is 19.7 Å². The number of nitrogens with two attached hydrogens (primary N) is 1. The van der Waals surface area contributed by atoms with Crippen LogP contribution in [0.25, 0.3) is 0 Å². The van der Waals surface area contributed by atoms with Crippen molar-refractivity contribution in [1.82, 2.24) is 14.9 Å². The summed E-state index contributed by atoms with van der Waals surface area (Å²) in [5, 5.41) is 21.9. The molecule has 0 aromatic heterocycles. The number of nitro benzene ring substituents is 1. The van der Waals surface area contributed by atoms with Crippen LogP contribution in [0.5, 0.6) is 5.75 Å². The zero-order chi connectivity index (χ0) is 29.2. The van der Waals surface area contributed by atoms with E-state index in [1.165, 1.54) is 23.3 Å². The molecule has 1 aliphatic rings. The molecule has 0 bridgehead atoms. The molecule has 3 aromatic carbocycles. The molecule has 0 spiro atoms. The van der Waals surface area contributed by atoms with Gasteiger partial charge in [0.15, 0.2) is 0 Å². The fourth-order valence-corrected chi connectivity index (χ4v) is 4.85. The first-order valence-electron chi connectivity index (χ1n) is 13.2. The number of nitro groups is 1. The van der Waals surface area contributed by atoms with Crippen LogP contribution in [0.3, 0.4) is 0 Å². The summed E-state index contributed by atoms with van der Waals surface area (Å²) >= 11 is 6.14. The third kappa shape index (κ3) is 8.42. The molecule has 2 amide bonds. The topological polar surface area (TPSA) is 125 Å². The maximum Gasteiger partial charge on any atom is 0.338 e. The van der Waals surface area contributed by atoms with Crippen molar-refractivity contribution in [1.29, 1.82) is 0 Å². The van der Waals surface area contributed by atoms with Crippen LogP contribution >= 0.6 is 11.6 Å². The summed E-state index contributed by atoms with van der Waals surface area (Å²) < 4.78 is 5.85. The van der Waals surface area contributed by atoms with Crippen LogP contribution in [0, 0.1) is 22.0 Å². The van der Waals surface area contributed by atoms with Gasteiger partial charge in [0.25, 0.3) is 5.69 Å². The number of hydrogen-bond donors (Lipinski definition) is 2. The predicted molar refractivity (Wildman–Crippen MR) is 156 cm³/mol. The Morgan fingerprint density at radius 1 is 1.07 bits per heavy atom. The molecular formula is C30H32ClN5O5. The molecule has 0 unspecified atom stereocenters. The van der Waals surface area contributed by atoms with E-state index >= 15 is 0 Å². The zero-order valence-electron chi connectivity index (χ0n) is 22.5. The first-order valence-corrected chi connectivity index (χ1v) is 13.6. The normalized spacial score (nSPS) is 14.5. The second-order valence-corrected chi connectivity index (χ2v) is 9.98. The van der Waals surface area contributed by atoms with Gasteiger partial charge in [0.1, 0.15) is 17.9 Å². The summed E-state index contributed by atoms with van der Waals surface area (Å²) in [7, 11) is 0. The van der Waals surface area contributed by atoms with Gasteiger partial charge in [0.05, 0.1) is 23.6 Å². The summed E-state index contributed by atoms with van der Waals surface area (Å²) in [5.41, 5.74) is 7.43. The second-order valence-electron chi connectivity index (χ2n) is 9.54. The number of urea groups is 1. The molecule has 4 rings (SSSR count). The molecule has 1 saturated heterocycles. The van der Waals surface area contributed by atoms with E-state index < -0.39 is 11.0 Å². The van der Waals surface area contributed by atoms with E-state index in [2.05, 4.69) is 58.0 Å². The molecule has 3 aromatic rings. The number of carbonyl (C=O) groups is 1. The minimum absolute atomic E-state index is 0.0976. The molecule has 0 aliphatic carbocycles. The van der Waals surface area contributed by atoms with Gasteiger partial charge < -0.3 is 10.5 Å². The van der Waals surface area contributed by atoms with Crippen molar-refractivity contribution in [3.05, 3.63) is 105 Å². The SMILES string of the molecule is NC(=O)N(O)CCC#Cc1ccc(OCCN2CCN([C@H](c3ccccc3)c3ccc(Cl)cc3)CC2)cc1[N+](=O)[O-]. The number of ether oxygens (including phenoxy) is 1. The maximum absolute atomic E-state index is 11.6. The summed E-state index contributed by atoms with van der Waals surface area (Å²) in [6.45, 7) is 4.49. The summed E-state index contributed by atoms with van der Waals surface area (Å²) in [5.74, 6) is 5.80. The van der Waals surface area contributed by atoms with E-state index in [0.717, 1.165) is 31.2 Å². The molecule has 214 valence electrons. The van der Waals surface area contributed by atoms with E-state index in [-0.39, 0.29) is 30.3 Å². The van der Waals surface area contributed by atoms with Crippen LogP contribution in [0.15, 0.2) is 72.8 Å². The number of hydrogen-bond acceptors (Lipinski definition) is 7. The molecule has 0 saturated carbocycles. The summed E-state index contributed by atoms with van der Waals surface area (Å²) in [4.78, 5) is 26.7. The zero-order valence-corrected chi connectivity index (χ0v) is 23.2. The quantitative estimate of drug-likeness (QED) is 0.157. The third-order valence-electron chi connectivity index (χ3n) is 6.84. The van der Waals surface area contributed by atoms with Crippen LogP contribution in [-0.4, -0.2) is 76.9 Å². The average molecular weight is 578 g/mol. The largest absolute Gasteiger partial charge is 0.492 e. The van der Waals surface area contributed by atoms with Gasteiger partial charge in [0.2, 0.25) is 0 Å². The lowest BCUT2D eigenvalue weighted by molar-refractivity contribution is -0.385. The lowest BCUT2D eigenvalue weighted by Crippen LogP contribution is -2.48. The van der Waals surface area contributed by atoms with Gasteiger partial charge in [-0.2, -0.15) is 0 Å². The number of primary amides is 1. The van der Waals surface area contributed by atoms with Crippen LogP contribution in [0.2, 0.25) is 5.02 Å². The number of carbonyl (C=O) groups excluding carboxylic acids is 1. The fraction of sp³-hybridized carbons (Fsp3) is 0.300. The Balaban J connectivity index is 1.30. The molecule has 10 nitrogen and oxygen atoms in total.